The van der Waals surface area contributed by atoms with Crippen LogP contribution < -0.4 is 5.73 Å². The van der Waals surface area contributed by atoms with E-state index in [4.69, 9.17) is 5.73 Å². The van der Waals surface area contributed by atoms with Crippen LogP contribution in [0.25, 0.3) is 0 Å². The Balaban J connectivity index is 1.50. The molecule has 164 valence electrons. The van der Waals surface area contributed by atoms with Crippen LogP contribution in [0.3, 0.4) is 0 Å². The molecular formula is C27H45NO. The number of aliphatic hydroxyl groups excluding tert-OH is 1. The molecule has 2 nitrogen and oxygen atoms in total. The summed E-state index contributed by atoms with van der Waals surface area (Å²) in [5.41, 5.74) is 11.9. The van der Waals surface area contributed by atoms with Crippen molar-refractivity contribution < 1.29 is 5.11 Å². The van der Waals surface area contributed by atoms with E-state index in [0.717, 1.165) is 31.2 Å². The summed E-state index contributed by atoms with van der Waals surface area (Å²) in [7, 11) is 0. The highest BCUT2D eigenvalue weighted by molar-refractivity contribution is 5.49. The normalized spacial score (nSPS) is 41.3. The van der Waals surface area contributed by atoms with Gasteiger partial charge < -0.3 is 10.8 Å². The van der Waals surface area contributed by atoms with Crippen molar-refractivity contribution in [2.24, 2.45) is 40.2 Å². The van der Waals surface area contributed by atoms with Gasteiger partial charge in [-0.05, 0) is 110 Å². The first-order valence-electron chi connectivity index (χ1n) is 12.6. The van der Waals surface area contributed by atoms with Crippen LogP contribution >= 0.6 is 0 Å². The molecule has 7 atom stereocenters. The van der Waals surface area contributed by atoms with Gasteiger partial charge in [-0.15, -0.1) is 0 Å². The van der Waals surface area contributed by atoms with Gasteiger partial charge in [-0.1, -0.05) is 52.2 Å². The number of nitrogens with two attached hydrogens (primary N) is 1. The van der Waals surface area contributed by atoms with Crippen molar-refractivity contribution in [2.75, 3.05) is 6.54 Å². The lowest BCUT2D eigenvalue weighted by molar-refractivity contribution is 0.0225. The summed E-state index contributed by atoms with van der Waals surface area (Å²) in [6.07, 6.45) is 16.3. The van der Waals surface area contributed by atoms with Gasteiger partial charge in [0.1, 0.15) is 0 Å². The number of hydrogen-bond donors (Lipinski definition) is 2. The van der Waals surface area contributed by atoms with Crippen LogP contribution in [0.5, 0.6) is 0 Å². The predicted molar refractivity (Wildman–Crippen MR) is 122 cm³/mol. The van der Waals surface area contributed by atoms with E-state index >= 15 is 0 Å². The molecule has 4 aliphatic carbocycles. The zero-order valence-corrected chi connectivity index (χ0v) is 19.5. The third-order valence-electron chi connectivity index (χ3n) is 9.93. The maximum Gasteiger partial charge on any atom is 0.0543 e. The van der Waals surface area contributed by atoms with Crippen molar-refractivity contribution in [1.82, 2.24) is 0 Å². The molecule has 0 aliphatic heterocycles. The van der Waals surface area contributed by atoms with Crippen LogP contribution in [-0.4, -0.2) is 17.8 Å². The molecule has 0 saturated heterocycles. The van der Waals surface area contributed by atoms with Gasteiger partial charge in [-0.2, -0.15) is 0 Å². The smallest absolute Gasteiger partial charge is 0.0543 e. The van der Waals surface area contributed by atoms with Crippen molar-refractivity contribution in [2.45, 2.75) is 104 Å². The topological polar surface area (TPSA) is 46.2 Å². The number of fused-ring (bicyclic) bond motifs is 4. The first kappa shape index (κ1) is 21.6. The minimum Gasteiger partial charge on any atom is -0.393 e. The van der Waals surface area contributed by atoms with Crippen LogP contribution in [0.15, 0.2) is 22.8 Å². The van der Waals surface area contributed by atoms with E-state index < -0.39 is 0 Å². The third kappa shape index (κ3) is 3.67. The highest BCUT2D eigenvalue weighted by Crippen LogP contribution is 2.64. The molecule has 0 aromatic heterocycles. The van der Waals surface area contributed by atoms with E-state index in [1.54, 1.807) is 16.7 Å². The molecule has 2 heteroatoms. The van der Waals surface area contributed by atoms with Crippen molar-refractivity contribution >= 4 is 0 Å². The highest BCUT2D eigenvalue weighted by atomic mass is 16.3. The van der Waals surface area contributed by atoms with Gasteiger partial charge in [0, 0.05) is 0 Å². The lowest BCUT2D eigenvalue weighted by Crippen LogP contribution is -2.44. The molecule has 0 radical (unpaired) electrons. The summed E-state index contributed by atoms with van der Waals surface area (Å²) in [5, 5.41) is 10.2. The summed E-state index contributed by atoms with van der Waals surface area (Å²) in [5.74, 6) is 2.99. The zero-order chi connectivity index (χ0) is 20.8. The second kappa shape index (κ2) is 8.15. The molecule has 4 rings (SSSR count). The Morgan fingerprint density at radius 2 is 1.90 bits per heavy atom. The molecule has 0 aromatic rings. The van der Waals surface area contributed by atoms with Crippen molar-refractivity contribution in [3.05, 3.63) is 22.8 Å². The Bertz CT molecular complexity index is 678. The average Bonchev–Trinajstić information content (AvgIpc) is 3.05. The largest absolute Gasteiger partial charge is 0.393 e. The summed E-state index contributed by atoms with van der Waals surface area (Å²) in [6.45, 7) is 10.8. The van der Waals surface area contributed by atoms with Gasteiger partial charge in [0.05, 0.1) is 6.10 Å². The highest BCUT2D eigenvalue weighted by Gasteiger charge is 2.52. The molecule has 1 saturated carbocycles. The zero-order valence-electron chi connectivity index (χ0n) is 19.5. The summed E-state index contributed by atoms with van der Waals surface area (Å²) in [6, 6.07) is 0. The fourth-order valence-corrected chi connectivity index (χ4v) is 7.84. The fraction of sp³-hybridized carbons (Fsp3) is 0.852. The molecule has 0 bridgehead atoms. The fourth-order valence-electron chi connectivity index (χ4n) is 7.84. The molecule has 3 N–H and O–H groups in total. The Labute approximate surface area is 179 Å². The van der Waals surface area contributed by atoms with Crippen LogP contribution in [0.1, 0.15) is 98.3 Å². The van der Waals surface area contributed by atoms with E-state index in [9.17, 15) is 5.11 Å². The Kier molecular flexibility index (Phi) is 6.08. The monoisotopic (exact) mass is 399 g/mol. The number of aliphatic hydroxyl groups is 1. The number of allylic oxidation sites excluding steroid dienone is 4. The molecule has 0 heterocycles. The van der Waals surface area contributed by atoms with E-state index in [1.807, 2.05) is 0 Å². The Morgan fingerprint density at radius 3 is 2.66 bits per heavy atom. The molecule has 4 aliphatic rings. The maximum atomic E-state index is 10.2. The molecule has 0 aromatic carbocycles. The van der Waals surface area contributed by atoms with Gasteiger partial charge in [-0.25, -0.2) is 0 Å². The van der Waals surface area contributed by atoms with Crippen molar-refractivity contribution in [1.29, 1.82) is 0 Å². The van der Waals surface area contributed by atoms with Gasteiger partial charge >= 0.3 is 0 Å². The Hall–Kier alpha value is -0.600. The molecule has 1 unspecified atom stereocenters. The molecule has 29 heavy (non-hydrogen) atoms. The minimum absolute atomic E-state index is 0.0537. The lowest BCUT2D eigenvalue weighted by atomic mass is 9.51. The van der Waals surface area contributed by atoms with Crippen molar-refractivity contribution in [3.63, 3.8) is 0 Å². The number of hydrogen-bond acceptors (Lipinski definition) is 2. The van der Waals surface area contributed by atoms with Crippen LogP contribution in [0.4, 0.5) is 0 Å². The van der Waals surface area contributed by atoms with Crippen molar-refractivity contribution in [3.8, 4) is 0 Å². The van der Waals surface area contributed by atoms with Gasteiger partial charge in [0.25, 0.3) is 0 Å². The summed E-state index contributed by atoms with van der Waals surface area (Å²) < 4.78 is 0. The van der Waals surface area contributed by atoms with Crippen LogP contribution in [-0.2, 0) is 0 Å². The minimum atomic E-state index is -0.0537. The lowest BCUT2D eigenvalue weighted by Gasteiger charge is -2.54. The summed E-state index contributed by atoms with van der Waals surface area (Å²) in [4.78, 5) is 0. The van der Waals surface area contributed by atoms with Crippen LogP contribution in [0.2, 0.25) is 0 Å². The molecule has 0 amide bonds. The van der Waals surface area contributed by atoms with Gasteiger partial charge in [0.2, 0.25) is 0 Å². The second-order valence-electron chi connectivity index (χ2n) is 11.7. The molecule has 1 fully saturated rings. The van der Waals surface area contributed by atoms with Gasteiger partial charge in [0.15, 0.2) is 0 Å². The second-order valence-corrected chi connectivity index (χ2v) is 11.7. The standard InChI is InChI=1S/C27H45NO/c1-18(17-28)6-5-7-19(2)23-10-11-24-22-9-8-20-16-21(29)12-14-26(20,3)25(22)13-15-27(23,24)4/h11,18-21,23,29H,5-10,12-17,28H2,1-4H3/t18?,19-,20+,21+,23-,26+,27-/m1/s1. The maximum absolute atomic E-state index is 10.2. The third-order valence-corrected chi connectivity index (χ3v) is 9.93. The predicted octanol–water partition coefficient (Wildman–Crippen LogP) is 6.39. The average molecular weight is 400 g/mol. The quantitative estimate of drug-likeness (QED) is 0.543. The first-order chi connectivity index (χ1) is 13.8. The molecule has 0 spiro atoms. The van der Waals surface area contributed by atoms with Gasteiger partial charge in [-0.3, -0.25) is 0 Å². The molecular weight excluding hydrogens is 354 g/mol. The Morgan fingerprint density at radius 1 is 1.10 bits per heavy atom. The van der Waals surface area contributed by atoms with E-state index in [2.05, 4.69) is 33.8 Å². The van der Waals surface area contributed by atoms with E-state index in [-0.39, 0.29) is 6.10 Å². The first-order valence-corrected chi connectivity index (χ1v) is 12.6. The number of rotatable bonds is 6. The van der Waals surface area contributed by atoms with E-state index in [0.29, 0.717) is 22.7 Å². The SMILES string of the molecule is CC(CN)CCC[C@@H](C)[C@H]1CC=C2C3=C(CC[C@@]21C)[C@@]1(C)CC[C@H](O)C[C@@H]1CC3. The summed E-state index contributed by atoms with van der Waals surface area (Å²) >= 11 is 0. The van der Waals surface area contributed by atoms with E-state index in [1.165, 1.54) is 57.8 Å². The van der Waals surface area contributed by atoms with Crippen LogP contribution in [0, 0.1) is 34.5 Å².